The van der Waals surface area contributed by atoms with Crippen molar-refractivity contribution in [1.29, 1.82) is 0 Å². The summed E-state index contributed by atoms with van der Waals surface area (Å²) in [6.45, 7) is 0. The first kappa shape index (κ1) is 12.1. The van der Waals surface area contributed by atoms with E-state index in [1.165, 1.54) is 23.0 Å². The Bertz CT molecular complexity index is 548. The van der Waals surface area contributed by atoms with Crippen LogP contribution < -0.4 is 4.74 Å². The SMILES string of the molecule is O=Cc1cn(-c2ccc(OC(F)(F)F)cc2)nn1. The minimum Gasteiger partial charge on any atom is -0.406 e. The van der Waals surface area contributed by atoms with Crippen LogP contribution >= 0.6 is 0 Å². The van der Waals surface area contributed by atoms with E-state index in [9.17, 15) is 18.0 Å². The Morgan fingerprint density at radius 1 is 1.22 bits per heavy atom. The molecule has 0 spiro atoms. The van der Waals surface area contributed by atoms with Gasteiger partial charge >= 0.3 is 6.36 Å². The molecule has 1 aromatic heterocycles. The molecule has 0 radical (unpaired) electrons. The van der Waals surface area contributed by atoms with Crippen LogP contribution in [0.15, 0.2) is 30.5 Å². The molecule has 0 fully saturated rings. The maximum atomic E-state index is 11.9. The molecule has 2 rings (SSSR count). The molecular formula is C10H6F3N3O2. The van der Waals surface area contributed by atoms with Crippen molar-refractivity contribution >= 4 is 6.29 Å². The summed E-state index contributed by atoms with van der Waals surface area (Å²) in [5, 5.41) is 7.16. The van der Waals surface area contributed by atoms with Crippen LogP contribution in [-0.4, -0.2) is 27.6 Å². The number of benzene rings is 1. The van der Waals surface area contributed by atoms with Crippen LogP contribution in [0.5, 0.6) is 5.75 Å². The van der Waals surface area contributed by atoms with Crippen molar-refractivity contribution in [3.8, 4) is 11.4 Å². The first-order chi connectivity index (χ1) is 8.48. The number of ether oxygens (including phenoxy) is 1. The van der Waals surface area contributed by atoms with E-state index >= 15 is 0 Å². The first-order valence-electron chi connectivity index (χ1n) is 4.72. The van der Waals surface area contributed by atoms with Crippen molar-refractivity contribution in [3.05, 3.63) is 36.2 Å². The molecule has 0 N–H and O–H groups in total. The summed E-state index contributed by atoms with van der Waals surface area (Å²) in [5.41, 5.74) is 0.593. The Kier molecular flexibility index (Phi) is 3.00. The van der Waals surface area contributed by atoms with E-state index in [-0.39, 0.29) is 11.4 Å². The molecule has 1 heterocycles. The Hall–Kier alpha value is -2.38. The molecule has 0 saturated heterocycles. The number of carbonyl (C=O) groups is 1. The van der Waals surface area contributed by atoms with E-state index < -0.39 is 6.36 Å². The lowest BCUT2D eigenvalue weighted by atomic mass is 10.3. The fraction of sp³-hybridized carbons (Fsp3) is 0.100. The zero-order valence-corrected chi connectivity index (χ0v) is 8.76. The van der Waals surface area contributed by atoms with Crippen LogP contribution in [0, 0.1) is 0 Å². The van der Waals surface area contributed by atoms with Gasteiger partial charge in [0.1, 0.15) is 11.4 Å². The summed E-state index contributed by atoms with van der Waals surface area (Å²) in [5.74, 6) is -0.332. The summed E-state index contributed by atoms with van der Waals surface area (Å²) < 4.78 is 40.8. The molecule has 0 aliphatic heterocycles. The maximum absolute atomic E-state index is 11.9. The van der Waals surface area contributed by atoms with E-state index in [1.54, 1.807) is 0 Å². The second-order valence-electron chi connectivity index (χ2n) is 3.25. The van der Waals surface area contributed by atoms with Crippen molar-refractivity contribution in [2.45, 2.75) is 6.36 Å². The minimum atomic E-state index is -4.72. The third-order valence-corrected chi connectivity index (χ3v) is 1.97. The topological polar surface area (TPSA) is 57.0 Å². The number of halogens is 3. The van der Waals surface area contributed by atoms with Crippen LogP contribution in [0.1, 0.15) is 10.5 Å². The van der Waals surface area contributed by atoms with Gasteiger partial charge in [0.05, 0.1) is 11.9 Å². The molecule has 8 heteroatoms. The van der Waals surface area contributed by atoms with Crippen LogP contribution in [0.3, 0.4) is 0 Å². The predicted molar refractivity (Wildman–Crippen MR) is 53.4 cm³/mol. The minimum absolute atomic E-state index is 0.130. The fourth-order valence-electron chi connectivity index (χ4n) is 1.26. The molecule has 94 valence electrons. The summed E-state index contributed by atoms with van der Waals surface area (Å²) in [7, 11) is 0. The fourth-order valence-corrected chi connectivity index (χ4v) is 1.26. The zero-order chi connectivity index (χ0) is 13.2. The van der Waals surface area contributed by atoms with Crippen LogP contribution in [-0.2, 0) is 0 Å². The molecule has 0 unspecified atom stereocenters. The molecule has 0 saturated carbocycles. The Labute approximate surface area is 98.8 Å². The van der Waals surface area contributed by atoms with E-state index in [0.717, 1.165) is 12.1 Å². The molecule has 0 bridgehead atoms. The first-order valence-corrected chi connectivity index (χ1v) is 4.72. The summed E-state index contributed by atoms with van der Waals surface area (Å²) in [4.78, 5) is 10.4. The number of hydrogen-bond acceptors (Lipinski definition) is 4. The number of rotatable bonds is 3. The highest BCUT2D eigenvalue weighted by Gasteiger charge is 2.30. The quantitative estimate of drug-likeness (QED) is 0.789. The van der Waals surface area contributed by atoms with Gasteiger partial charge in [-0.3, -0.25) is 4.79 Å². The predicted octanol–water partition coefficient (Wildman–Crippen LogP) is 1.98. The third-order valence-electron chi connectivity index (χ3n) is 1.97. The second-order valence-corrected chi connectivity index (χ2v) is 3.25. The van der Waals surface area contributed by atoms with Gasteiger partial charge in [-0.25, -0.2) is 4.68 Å². The number of aldehydes is 1. The second kappa shape index (κ2) is 4.47. The lowest BCUT2D eigenvalue weighted by Crippen LogP contribution is -2.17. The Balaban J connectivity index is 2.19. The summed E-state index contributed by atoms with van der Waals surface area (Å²) in [6.07, 6.45) is -2.85. The number of nitrogens with zero attached hydrogens (tertiary/aromatic N) is 3. The lowest BCUT2D eigenvalue weighted by Gasteiger charge is -2.08. The molecular weight excluding hydrogens is 251 g/mol. The normalized spacial score (nSPS) is 11.3. The Morgan fingerprint density at radius 3 is 2.39 bits per heavy atom. The van der Waals surface area contributed by atoms with Crippen LogP contribution in [0.2, 0.25) is 0 Å². The van der Waals surface area contributed by atoms with Crippen molar-refractivity contribution in [3.63, 3.8) is 0 Å². The number of hydrogen-bond donors (Lipinski definition) is 0. The molecule has 2 aromatic rings. The van der Waals surface area contributed by atoms with Crippen LogP contribution in [0.4, 0.5) is 13.2 Å². The van der Waals surface area contributed by atoms with Gasteiger partial charge in [0.2, 0.25) is 0 Å². The van der Waals surface area contributed by atoms with Gasteiger partial charge in [0.15, 0.2) is 6.29 Å². The average Bonchev–Trinajstić information content (AvgIpc) is 2.76. The van der Waals surface area contributed by atoms with Gasteiger partial charge in [-0.1, -0.05) is 5.21 Å². The lowest BCUT2D eigenvalue weighted by molar-refractivity contribution is -0.274. The molecule has 0 aliphatic carbocycles. The number of alkyl halides is 3. The van der Waals surface area contributed by atoms with Crippen molar-refractivity contribution < 1.29 is 22.7 Å². The summed E-state index contributed by atoms with van der Waals surface area (Å²) in [6, 6.07) is 5.02. The van der Waals surface area contributed by atoms with E-state index in [0.29, 0.717) is 12.0 Å². The third kappa shape index (κ3) is 2.84. The molecule has 0 amide bonds. The molecule has 0 atom stereocenters. The number of aromatic nitrogens is 3. The highest BCUT2D eigenvalue weighted by molar-refractivity contribution is 5.70. The largest absolute Gasteiger partial charge is 0.573 e. The monoisotopic (exact) mass is 257 g/mol. The van der Waals surface area contributed by atoms with Gasteiger partial charge in [0.25, 0.3) is 0 Å². The van der Waals surface area contributed by atoms with Gasteiger partial charge in [0, 0.05) is 0 Å². The maximum Gasteiger partial charge on any atom is 0.573 e. The van der Waals surface area contributed by atoms with Gasteiger partial charge in [-0.15, -0.1) is 18.3 Å². The Morgan fingerprint density at radius 2 is 1.89 bits per heavy atom. The van der Waals surface area contributed by atoms with Crippen molar-refractivity contribution in [1.82, 2.24) is 15.0 Å². The van der Waals surface area contributed by atoms with Gasteiger partial charge in [-0.2, -0.15) is 0 Å². The van der Waals surface area contributed by atoms with E-state index in [4.69, 9.17) is 0 Å². The molecule has 1 aromatic carbocycles. The smallest absolute Gasteiger partial charge is 0.406 e. The highest BCUT2D eigenvalue weighted by Crippen LogP contribution is 2.23. The molecule has 0 aliphatic rings. The molecule has 18 heavy (non-hydrogen) atoms. The molecule has 5 nitrogen and oxygen atoms in total. The van der Waals surface area contributed by atoms with Crippen molar-refractivity contribution in [2.75, 3.05) is 0 Å². The zero-order valence-electron chi connectivity index (χ0n) is 8.76. The van der Waals surface area contributed by atoms with Crippen LogP contribution in [0.25, 0.3) is 5.69 Å². The van der Waals surface area contributed by atoms with E-state index in [1.807, 2.05) is 0 Å². The summed E-state index contributed by atoms with van der Waals surface area (Å²) >= 11 is 0. The standard InChI is InChI=1S/C10H6F3N3O2/c11-10(12,13)18-9-3-1-8(2-4-9)16-5-7(6-17)14-15-16/h1-6H. The van der Waals surface area contributed by atoms with Gasteiger partial charge in [-0.05, 0) is 24.3 Å². The van der Waals surface area contributed by atoms with Gasteiger partial charge < -0.3 is 4.74 Å². The van der Waals surface area contributed by atoms with Crippen molar-refractivity contribution in [2.24, 2.45) is 0 Å². The highest BCUT2D eigenvalue weighted by atomic mass is 19.4. The number of carbonyl (C=O) groups excluding carboxylic acids is 1. The average molecular weight is 257 g/mol. The van der Waals surface area contributed by atoms with E-state index in [2.05, 4.69) is 15.0 Å².